The predicted octanol–water partition coefficient (Wildman–Crippen LogP) is 3.91. The number of nitrogens with zero attached hydrogens (tertiary/aromatic N) is 2. The summed E-state index contributed by atoms with van der Waals surface area (Å²) in [5.74, 6) is 1.13. The number of benzene rings is 2. The number of rotatable bonds is 8. The van der Waals surface area contributed by atoms with Crippen LogP contribution in [-0.4, -0.2) is 35.5 Å². The molecule has 0 aliphatic rings. The Bertz CT molecular complexity index is 929. The maximum Gasteiger partial charge on any atom is 0.230 e. The standard InChI is InChI=1S/C22H23N3O2S/c1-16-7-3-5-9-18(16)19-11-12-22(25-24-19)28-15-21(26)23-14-13-17-8-4-6-10-20(17)27-2/h3-12H,13-15H2,1-2H3,(H,23,26). The normalized spacial score (nSPS) is 10.5. The lowest BCUT2D eigenvalue weighted by Crippen LogP contribution is -2.27. The molecule has 0 atom stereocenters. The Hall–Kier alpha value is -2.86. The molecule has 0 bridgehead atoms. The zero-order valence-electron chi connectivity index (χ0n) is 16.0. The molecule has 0 radical (unpaired) electrons. The first-order valence-corrected chi connectivity index (χ1v) is 10.1. The molecule has 1 heterocycles. The maximum absolute atomic E-state index is 12.1. The summed E-state index contributed by atoms with van der Waals surface area (Å²) in [6, 6.07) is 19.7. The average molecular weight is 394 g/mol. The molecule has 0 saturated carbocycles. The molecular formula is C22H23N3O2S. The van der Waals surface area contributed by atoms with Crippen LogP contribution in [-0.2, 0) is 11.2 Å². The number of aryl methyl sites for hydroxylation is 1. The first kappa shape index (κ1) is 19.9. The summed E-state index contributed by atoms with van der Waals surface area (Å²) in [5.41, 5.74) is 4.14. The molecule has 144 valence electrons. The Morgan fingerprint density at radius 2 is 1.82 bits per heavy atom. The molecule has 3 rings (SSSR count). The highest BCUT2D eigenvalue weighted by molar-refractivity contribution is 7.99. The molecule has 3 aromatic rings. The van der Waals surface area contributed by atoms with E-state index in [0.717, 1.165) is 39.6 Å². The summed E-state index contributed by atoms with van der Waals surface area (Å²) in [6.07, 6.45) is 0.728. The number of thioether (sulfide) groups is 1. The van der Waals surface area contributed by atoms with Crippen molar-refractivity contribution in [2.75, 3.05) is 19.4 Å². The number of aromatic nitrogens is 2. The van der Waals surface area contributed by atoms with Crippen molar-refractivity contribution in [2.24, 2.45) is 0 Å². The van der Waals surface area contributed by atoms with E-state index < -0.39 is 0 Å². The number of nitrogens with one attached hydrogen (secondary N) is 1. The summed E-state index contributed by atoms with van der Waals surface area (Å²) >= 11 is 1.38. The maximum atomic E-state index is 12.1. The lowest BCUT2D eigenvalue weighted by Gasteiger charge is -2.09. The molecule has 0 unspecified atom stereocenters. The Kier molecular flexibility index (Phi) is 7.03. The van der Waals surface area contributed by atoms with Gasteiger partial charge in [-0.1, -0.05) is 54.2 Å². The van der Waals surface area contributed by atoms with Crippen LogP contribution in [0.15, 0.2) is 65.7 Å². The summed E-state index contributed by atoms with van der Waals surface area (Å²) in [4.78, 5) is 12.1. The Balaban J connectivity index is 1.46. The number of hydrogen-bond acceptors (Lipinski definition) is 5. The molecule has 0 spiro atoms. The molecule has 2 aromatic carbocycles. The zero-order valence-corrected chi connectivity index (χ0v) is 16.8. The van der Waals surface area contributed by atoms with E-state index in [2.05, 4.69) is 28.5 Å². The van der Waals surface area contributed by atoms with E-state index in [1.807, 2.05) is 54.6 Å². The van der Waals surface area contributed by atoms with Crippen molar-refractivity contribution in [1.29, 1.82) is 0 Å². The van der Waals surface area contributed by atoms with Gasteiger partial charge in [0, 0.05) is 12.1 Å². The van der Waals surface area contributed by atoms with Crippen molar-refractivity contribution < 1.29 is 9.53 Å². The Labute approximate surface area is 169 Å². The highest BCUT2D eigenvalue weighted by Gasteiger charge is 2.07. The van der Waals surface area contributed by atoms with Gasteiger partial charge in [-0.15, -0.1) is 10.2 Å². The van der Waals surface area contributed by atoms with E-state index in [4.69, 9.17) is 4.74 Å². The second kappa shape index (κ2) is 9.90. The molecule has 6 heteroatoms. The van der Waals surface area contributed by atoms with Crippen molar-refractivity contribution in [2.45, 2.75) is 18.4 Å². The van der Waals surface area contributed by atoms with Crippen LogP contribution in [0.25, 0.3) is 11.3 Å². The molecule has 0 aliphatic carbocycles. The van der Waals surface area contributed by atoms with Gasteiger partial charge in [-0.25, -0.2) is 0 Å². The topological polar surface area (TPSA) is 64.1 Å². The number of ether oxygens (including phenoxy) is 1. The van der Waals surface area contributed by atoms with Crippen LogP contribution < -0.4 is 10.1 Å². The minimum absolute atomic E-state index is 0.0234. The molecule has 1 N–H and O–H groups in total. The largest absolute Gasteiger partial charge is 0.496 e. The fraction of sp³-hybridized carbons (Fsp3) is 0.227. The van der Waals surface area contributed by atoms with Gasteiger partial charge in [0.1, 0.15) is 10.8 Å². The van der Waals surface area contributed by atoms with Crippen LogP contribution in [0.3, 0.4) is 0 Å². The Morgan fingerprint density at radius 3 is 2.57 bits per heavy atom. The van der Waals surface area contributed by atoms with Crippen LogP contribution >= 0.6 is 11.8 Å². The first-order chi connectivity index (χ1) is 13.7. The van der Waals surface area contributed by atoms with Crippen LogP contribution in [0.4, 0.5) is 0 Å². The van der Waals surface area contributed by atoms with Gasteiger partial charge in [0.2, 0.25) is 5.91 Å². The lowest BCUT2D eigenvalue weighted by atomic mass is 10.1. The van der Waals surface area contributed by atoms with E-state index in [9.17, 15) is 4.79 Å². The number of amides is 1. The van der Waals surface area contributed by atoms with Crippen molar-refractivity contribution in [3.63, 3.8) is 0 Å². The van der Waals surface area contributed by atoms with Crippen LogP contribution in [0.1, 0.15) is 11.1 Å². The molecular weight excluding hydrogens is 370 g/mol. The Morgan fingerprint density at radius 1 is 1.04 bits per heavy atom. The first-order valence-electron chi connectivity index (χ1n) is 9.08. The van der Waals surface area contributed by atoms with Gasteiger partial charge in [-0.05, 0) is 42.7 Å². The minimum Gasteiger partial charge on any atom is -0.496 e. The second-order valence-electron chi connectivity index (χ2n) is 6.27. The van der Waals surface area contributed by atoms with Gasteiger partial charge < -0.3 is 10.1 Å². The monoisotopic (exact) mass is 393 g/mol. The van der Waals surface area contributed by atoms with Crippen LogP contribution in [0.2, 0.25) is 0 Å². The zero-order chi connectivity index (χ0) is 19.8. The van der Waals surface area contributed by atoms with Gasteiger partial charge in [-0.3, -0.25) is 4.79 Å². The number of hydrogen-bond donors (Lipinski definition) is 1. The highest BCUT2D eigenvalue weighted by atomic mass is 32.2. The van der Waals surface area contributed by atoms with Crippen molar-refractivity contribution >= 4 is 17.7 Å². The van der Waals surface area contributed by atoms with Crippen LogP contribution in [0, 0.1) is 6.92 Å². The van der Waals surface area contributed by atoms with E-state index >= 15 is 0 Å². The fourth-order valence-corrected chi connectivity index (χ4v) is 3.48. The third-order valence-corrected chi connectivity index (χ3v) is 5.24. The number of carbonyl (C=O) groups is 1. The molecule has 1 amide bonds. The minimum atomic E-state index is -0.0234. The molecule has 0 aliphatic heterocycles. The quantitative estimate of drug-likeness (QED) is 0.588. The van der Waals surface area contributed by atoms with Gasteiger partial charge in [0.15, 0.2) is 0 Å². The summed E-state index contributed by atoms with van der Waals surface area (Å²) in [5, 5.41) is 12.2. The molecule has 28 heavy (non-hydrogen) atoms. The van der Waals surface area contributed by atoms with E-state index in [1.54, 1.807) is 7.11 Å². The SMILES string of the molecule is COc1ccccc1CCNC(=O)CSc1ccc(-c2ccccc2C)nn1. The van der Waals surface area contributed by atoms with Crippen LogP contribution in [0.5, 0.6) is 5.75 Å². The van der Waals surface area contributed by atoms with E-state index in [-0.39, 0.29) is 5.91 Å². The van der Waals surface area contributed by atoms with Gasteiger partial charge in [0.05, 0.1) is 18.6 Å². The fourth-order valence-electron chi connectivity index (χ4n) is 2.84. The number of methoxy groups -OCH3 is 1. The summed E-state index contributed by atoms with van der Waals surface area (Å²) in [6.45, 7) is 2.62. The van der Waals surface area contributed by atoms with Gasteiger partial charge >= 0.3 is 0 Å². The third kappa shape index (κ3) is 5.33. The smallest absolute Gasteiger partial charge is 0.230 e. The van der Waals surface area contributed by atoms with Crippen molar-refractivity contribution in [3.05, 3.63) is 71.8 Å². The molecule has 5 nitrogen and oxygen atoms in total. The number of carbonyl (C=O) groups excluding carboxylic acids is 1. The molecule has 1 aromatic heterocycles. The third-order valence-electron chi connectivity index (χ3n) is 4.32. The van der Waals surface area contributed by atoms with E-state index in [0.29, 0.717) is 12.3 Å². The average Bonchev–Trinajstić information content (AvgIpc) is 2.73. The molecule has 0 fully saturated rings. The highest BCUT2D eigenvalue weighted by Crippen LogP contribution is 2.22. The predicted molar refractivity (Wildman–Crippen MR) is 113 cm³/mol. The summed E-state index contributed by atoms with van der Waals surface area (Å²) in [7, 11) is 1.65. The van der Waals surface area contributed by atoms with Gasteiger partial charge in [0.25, 0.3) is 0 Å². The second-order valence-corrected chi connectivity index (χ2v) is 7.27. The lowest BCUT2D eigenvalue weighted by molar-refractivity contribution is -0.118. The van der Waals surface area contributed by atoms with Gasteiger partial charge in [-0.2, -0.15) is 0 Å². The number of para-hydroxylation sites is 1. The van der Waals surface area contributed by atoms with E-state index in [1.165, 1.54) is 11.8 Å². The molecule has 0 saturated heterocycles. The van der Waals surface area contributed by atoms with Crippen molar-refractivity contribution in [1.82, 2.24) is 15.5 Å². The summed E-state index contributed by atoms with van der Waals surface area (Å²) < 4.78 is 5.33. The van der Waals surface area contributed by atoms with Crippen molar-refractivity contribution in [3.8, 4) is 17.0 Å².